The standard InChI is InChI=1S/C13H23N3OS/c1-4-7-13(10-17-3)8-6-9-16(13)12-14-11(5-2)15-18-12/h4-10H2,1-3H3. The lowest BCUT2D eigenvalue weighted by Gasteiger charge is -2.37. The fourth-order valence-electron chi connectivity index (χ4n) is 2.95. The van der Waals surface area contributed by atoms with Gasteiger partial charge in [-0.1, -0.05) is 20.3 Å². The summed E-state index contributed by atoms with van der Waals surface area (Å²) in [6.07, 6.45) is 5.69. The fraction of sp³-hybridized carbons (Fsp3) is 0.846. The quantitative estimate of drug-likeness (QED) is 0.796. The molecular weight excluding hydrogens is 246 g/mol. The summed E-state index contributed by atoms with van der Waals surface area (Å²) in [6, 6.07) is 0. The van der Waals surface area contributed by atoms with Crippen molar-refractivity contribution in [1.82, 2.24) is 9.36 Å². The Morgan fingerprint density at radius 1 is 1.44 bits per heavy atom. The Bertz CT molecular complexity index is 374. The topological polar surface area (TPSA) is 38.2 Å². The average molecular weight is 269 g/mol. The van der Waals surface area contributed by atoms with Crippen molar-refractivity contribution in [2.75, 3.05) is 25.2 Å². The first-order valence-electron chi connectivity index (χ1n) is 6.85. The Hall–Kier alpha value is -0.680. The molecule has 1 unspecified atom stereocenters. The fourth-order valence-corrected chi connectivity index (χ4v) is 3.84. The van der Waals surface area contributed by atoms with Crippen LogP contribution < -0.4 is 4.90 Å². The van der Waals surface area contributed by atoms with Gasteiger partial charge in [0, 0.05) is 31.6 Å². The largest absolute Gasteiger partial charge is 0.382 e. The van der Waals surface area contributed by atoms with E-state index in [0.29, 0.717) is 0 Å². The Kier molecular flexibility index (Phi) is 4.56. The van der Waals surface area contributed by atoms with Crippen LogP contribution in [0.25, 0.3) is 0 Å². The molecule has 102 valence electrons. The number of rotatable bonds is 6. The van der Waals surface area contributed by atoms with Crippen LogP contribution in [0.5, 0.6) is 0 Å². The van der Waals surface area contributed by atoms with Gasteiger partial charge >= 0.3 is 0 Å². The van der Waals surface area contributed by atoms with Crippen LogP contribution in [0.15, 0.2) is 0 Å². The first-order valence-corrected chi connectivity index (χ1v) is 7.62. The summed E-state index contributed by atoms with van der Waals surface area (Å²) < 4.78 is 9.89. The van der Waals surface area contributed by atoms with E-state index in [0.717, 1.165) is 30.5 Å². The number of aryl methyl sites for hydroxylation is 1. The smallest absolute Gasteiger partial charge is 0.205 e. The summed E-state index contributed by atoms with van der Waals surface area (Å²) in [5.74, 6) is 0.963. The maximum atomic E-state index is 5.48. The highest BCUT2D eigenvalue weighted by Crippen LogP contribution is 2.38. The number of ether oxygens (including phenoxy) is 1. The number of nitrogens with zero attached hydrogens (tertiary/aromatic N) is 3. The normalized spacial score (nSPS) is 23.8. The molecule has 18 heavy (non-hydrogen) atoms. The summed E-state index contributed by atoms with van der Waals surface area (Å²) >= 11 is 1.53. The van der Waals surface area contributed by atoms with Gasteiger partial charge in [0.2, 0.25) is 5.13 Å². The van der Waals surface area contributed by atoms with Gasteiger partial charge in [0.1, 0.15) is 5.82 Å². The zero-order valence-electron chi connectivity index (χ0n) is 11.6. The number of anilines is 1. The number of hydrogen-bond acceptors (Lipinski definition) is 5. The van der Waals surface area contributed by atoms with Crippen LogP contribution in [0.4, 0.5) is 5.13 Å². The molecule has 0 aliphatic carbocycles. The van der Waals surface area contributed by atoms with Crippen LogP contribution in [0.2, 0.25) is 0 Å². The molecule has 0 spiro atoms. The lowest BCUT2D eigenvalue weighted by molar-refractivity contribution is 0.127. The van der Waals surface area contributed by atoms with Crippen LogP contribution in [0.1, 0.15) is 45.4 Å². The highest BCUT2D eigenvalue weighted by atomic mass is 32.1. The van der Waals surface area contributed by atoms with E-state index in [9.17, 15) is 0 Å². The van der Waals surface area contributed by atoms with E-state index in [1.807, 2.05) is 0 Å². The molecule has 1 atom stereocenters. The third kappa shape index (κ3) is 2.52. The van der Waals surface area contributed by atoms with Crippen molar-refractivity contribution in [2.45, 2.75) is 51.5 Å². The molecule has 1 aliphatic rings. The lowest BCUT2D eigenvalue weighted by atomic mass is 9.92. The van der Waals surface area contributed by atoms with Gasteiger partial charge in [-0.15, -0.1) is 0 Å². The Balaban J connectivity index is 2.23. The molecule has 1 aliphatic heterocycles. The summed E-state index contributed by atoms with van der Waals surface area (Å²) in [4.78, 5) is 7.09. The number of aromatic nitrogens is 2. The van der Waals surface area contributed by atoms with Crippen molar-refractivity contribution in [2.24, 2.45) is 0 Å². The van der Waals surface area contributed by atoms with Crippen molar-refractivity contribution < 1.29 is 4.74 Å². The van der Waals surface area contributed by atoms with Gasteiger partial charge in [0.05, 0.1) is 12.1 Å². The van der Waals surface area contributed by atoms with Gasteiger partial charge in [-0.3, -0.25) is 0 Å². The SMILES string of the molecule is CCCC1(COC)CCCN1c1nc(CC)ns1. The molecule has 0 N–H and O–H groups in total. The van der Waals surface area contributed by atoms with Gasteiger partial charge in [0.15, 0.2) is 0 Å². The van der Waals surface area contributed by atoms with Gasteiger partial charge in [-0.25, -0.2) is 4.98 Å². The van der Waals surface area contributed by atoms with Crippen LogP contribution in [-0.2, 0) is 11.2 Å². The van der Waals surface area contributed by atoms with Gasteiger partial charge in [0.25, 0.3) is 0 Å². The molecule has 2 heterocycles. The molecule has 1 aromatic heterocycles. The maximum absolute atomic E-state index is 5.48. The van der Waals surface area contributed by atoms with Crippen LogP contribution in [0.3, 0.4) is 0 Å². The van der Waals surface area contributed by atoms with Gasteiger partial charge < -0.3 is 9.64 Å². The summed E-state index contributed by atoms with van der Waals surface area (Å²) in [7, 11) is 1.80. The molecule has 0 radical (unpaired) electrons. The molecule has 4 nitrogen and oxygen atoms in total. The molecule has 0 aromatic carbocycles. The molecule has 5 heteroatoms. The molecule has 0 saturated carbocycles. The average Bonchev–Trinajstić information content (AvgIpc) is 2.96. The van der Waals surface area contributed by atoms with E-state index in [1.54, 1.807) is 7.11 Å². The Morgan fingerprint density at radius 2 is 2.28 bits per heavy atom. The monoisotopic (exact) mass is 269 g/mol. The maximum Gasteiger partial charge on any atom is 0.205 e. The summed E-state index contributed by atoms with van der Waals surface area (Å²) in [6.45, 7) is 6.22. The van der Waals surface area contributed by atoms with Crippen LogP contribution in [0, 0.1) is 0 Å². The minimum absolute atomic E-state index is 0.147. The van der Waals surface area contributed by atoms with Crippen molar-refractivity contribution >= 4 is 16.7 Å². The predicted molar refractivity (Wildman–Crippen MR) is 75.4 cm³/mol. The van der Waals surface area contributed by atoms with Gasteiger partial charge in [-0.2, -0.15) is 4.37 Å². The molecule has 1 fully saturated rings. The lowest BCUT2D eigenvalue weighted by Crippen LogP contribution is -2.47. The summed E-state index contributed by atoms with van der Waals surface area (Å²) in [5.41, 5.74) is 0.147. The molecule has 1 aromatic rings. The highest BCUT2D eigenvalue weighted by molar-refractivity contribution is 7.09. The minimum Gasteiger partial charge on any atom is -0.382 e. The molecule has 2 rings (SSSR count). The zero-order chi connectivity index (χ0) is 13.0. The van der Waals surface area contributed by atoms with Gasteiger partial charge in [-0.05, 0) is 19.3 Å². The first-order chi connectivity index (χ1) is 8.75. The minimum atomic E-state index is 0.147. The van der Waals surface area contributed by atoms with E-state index in [-0.39, 0.29) is 5.54 Å². The summed E-state index contributed by atoms with van der Waals surface area (Å²) in [5, 5.41) is 1.08. The molecule has 0 bridgehead atoms. The van der Waals surface area contributed by atoms with E-state index in [4.69, 9.17) is 4.74 Å². The second-order valence-corrected chi connectivity index (χ2v) is 5.74. The van der Waals surface area contributed by atoms with Crippen molar-refractivity contribution in [3.8, 4) is 0 Å². The first kappa shape index (κ1) is 13.7. The molecule has 1 saturated heterocycles. The highest BCUT2D eigenvalue weighted by Gasteiger charge is 2.41. The second-order valence-electron chi connectivity index (χ2n) is 5.01. The number of hydrogen-bond donors (Lipinski definition) is 0. The van der Waals surface area contributed by atoms with E-state index >= 15 is 0 Å². The second kappa shape index (κ2) is 5.97. The zero-order valence-corrected chi connectivity index (χ0v) is 12.4. The van der Waals surface area contributed by atoms with Crippen molar-refractivity contribution in [1.29, 1.82) is 0 Å². The van der Waals surface area contributed by atoms with E-state index in [2.05, 4.69) is 28.1 Å². The predicted octanol–water partition coefficient (Wildman–Crippen LogP) is 2.89. The van der Waals surface area contributed by atoms with E-state index in [1.165, 1.54) is 37.2 Å². The van der Waals surface area contributed by atoms with E-state index < -0.39 is 0 Å². The molecule has 0 amide bonds. The van der Waals surface area contributed by atoms with Crippen molar-refractivity contribution in [3.05, 3.63) is 5.82 Å². The van der Waals surface area contributed by atoms with Crippen LogP contribution in [-0.4, -0.2) is 35.2 Å². The van der Waals surface area contributed by atoms with Crippen molar-refractivity contribution in [3.63, 3.8) is 0 Å². The Labute approximate surface area is 114 Å². The third-order valence-corrected chi connectivity index (χ3v) is 4.51. The number of methoxy groups -OCH3 is 1. The third-order valence-electron chi connectivity index (χ3n) is 3.73. The van der Waals surface area contributed by atoms with Crippen LogP contribution >= 0.6 is 11.5 Å². The molecular formula is C13H23N3OS. The Morgan fingerprint density at radius 3 is 2.89 bits per heavy atom.